The smallest absolute Gasteiger partial charge is 0.317 e. The fraction of sp³-hybridized carbons (Fsp3) is 0.533. The largest absolute Gasteiger partial charge is 0.468 e. The van der Waals surface area contributed by atoms with Crippen molar-refractivity contribution in [1.82, 2.24) is 0 Å². The van der Waals surface area contributed by atoms with Crippen LogP contribution in [0.5, 0.6) is 0 Å². The van der Waals surface area contributed by atoms with Gasteiger partial charge in [0.25, 0.3) is 0 Å². The normalized spacial score (nSPS) is 14.3. The van der Waals surface area contributed by atoms with Gasteiger partial charge in [0, 0.05) is 6.54 Å². The summed E-state index contributed by atoms with van der Waals surface area (Å²) in [6.07, 6.45) is 0.695. The lowest BCUT2D eigenvalue weighted by atomic mass is 9.73. The number of esters is 1. The van der Waals surface area contributed by atoms with Gasteiger partial charge in [-0.2, -0.15) is 0 Å². The Bertz CT molecular complexity index is 415. The topological polar surface area (TPSA) is 52.3 Å². The quantitative estimate of drug-likeness (QED) is 0.815. The maximum Gasteiger partial charge on any atom is 0.317 e. The molecule has 0 fully saturated rings. The van der Waals surface area contributed by atoms with Crippen molar-refractivity contribution in [2.75, 3.05) is 13.7 Å². The number of benzene rings is 1. The highest BCUT2D eigenvalue weighted by molar-refractivity contribution is 5.84. The average molecular weight is 249 g/mol. The summed E-state index contributed by atoms with van der Waals surface area (Å²) in [6, 6.07) is 7.88. The van der Waals surface area contributed by atoms with Crippen molar-refractivity contribution in [3.05, 3.63) is 35.4 Å². The number of hydrogen-bond donors (Lipinski definition) is 1. The number of carbonyl (C=O) groups excluding carboxylic acids is 1. The highest BCUT2D eigenvalue weighted by Gasteiger charge is 2.41. The van der Waals surface area contributed by atoms with Gasteiger partial charge in [-0.3, -0.25) is 4.79 Å². The predicted octanol–water partition coefficient (Wildman–Crippen LogP) is 2.41. The van der Waals surface area contributed by atoms with Gasteiger partial charge in [-0.25, -0.2) is 0 Å². The van der Waals surface area contributed by atoms with E-state index < -0.39 is 5.41 Å². The van der Waals surface area contributed by atoms with E-state index in [-0.39, 0.29) is 12.5 Å². The number of ether oxygens (including phenoxy) is 1. The lowest BCUT2D eigenvalue weighted by molar-refractivity contribution is -0.148. The van der Waals surface area contributed by atoms with Crippen LogP contribution >= 0.6 is 0 Å². The molecule has 0 radical (unpaired) electrons. The summed E-state index contributed by atoms with van der Waals surface area (Å²) in [6.45, 7) is 6.45. The molecule has 100 valence electrons. The molecule has 18 heavy (non-hydrogen) atoms. The van der Waals surface area contributed by atoms with E-state index in [4.69, 9.17) is 10.5 Å². The second kappa shape index (κ2) is 6.01. The molecule has 3 heteroatoms. The van der Waals surface area contributed by atoms with E-state index in [9.17, 15) is 4.79 Å². The molecular formula is C15H23NO2. The molecule has 0 aliphatic rings. The maximum atomic E-state index is 12.3. The molecule has 3 nitrogen and oxygen atoms in total. The Kier molecular flexibility index (Phi) is 4.91. The van der Waals surface area contributed by atoms with Gasteiger partial charge < -0.3 is 10.5 Å². The maximum absolute atomic E-state index is 12.3. The Morgan fingerprint density at radius 3 is 2.44 bits per heavy atom. The highest BCUT2D eigenvalue weighted by Crippen LogP contribution is 2.34. The number of rotatable bonds is 5. The van der Waals surface area contributed by atoms with Gasteiger partial charge in [0.05, 0.1) is 7.11 Å². The SMILES string of the molecule is COC(=O)C(CN)(CC(C)C)c1ccccc1C. The van der Waals surface area contributed by atoms with Crippen molar-refractivity contribution in [2.24, 2.45) is 11.7 Å². The molecule has 2 N–H and O–H groups in total. The third kappa shape index (κ3) is 2.72. The van der Waals surface area contributed by atoms with Crippen LogP contribution in [-0.2, 0) is 14.9 Å². The van der Waals surface area contributed by atoms with Gasteiger partial charge in [-0.15, -0.1) is 0 Å². The van der Waals surface area contributed by atoms with E-state index in [1.165, 1.54) is 7.11 Å². The molecule has 0 aliphatic heterocycles. The van der Waals surface area contributed by atoms with Crippen LogP contribution < -0.4 is 5.73 Å². The van der Waals surface area contributed by atoms with E-state index in [0.717, 1.165) is 11.1 Å². The molecule has 0 aliphatic carbocycles. The number of hydrogen-bond acceptors (Lipinski definition) is 3. The van der Waals surface area contributed by atoms with Crippen LogP contribution in [0.3, 0.4) is 0 Å². The lowest BCUT2D eigenvalue weighted by Crippen LogP contribution is -2.45. The molecule has 0 spiro atoms. The lowest BCUT2D eigenvalue weighted by Gasteiger charge is -2.33. The van der Waals surface area contributed by atoms with Gasteiger partial charge >= 0.3 is 5.97 Å². The number of nitrogens with two attached hydrogens (primary N) is 1. The third-order valence-electron chi connectivity index (χ3n) is 3.34. The molecule has 1 rings (SSSR count). The monoisotopic (exact) mass is 249 g/mol. The van der Waals surface area contributed by atoms with Crippen molar-refractivity contribution in [1.29, 1.82) is 0 Å². The van der Waals surface area contributed by atoms with Crippen molar-refractivity contribution >= 4 is 5.97 Å². The van der Waals surface area contributed by atoms with E-state index in [2.05, 4.69) is 13.8 Å². The van der Waals surface area contributed by atoms with Crippen molar-refractivity contribution in [3.8, 4) is 0 Å². The Morgan fingerprint density at radius 1 is 1.39 bits per heavy atom. The van der Waals surface area contributed by atoms with Crippen LogP contribution in [0.1, 0.15) is 31.4 Å². The van der Waals surface area contributed by atoms with Crippen LogP contribution in [-0.4, -0.2) is 19.6 Å². The Labute approximate surface area is 109 Å². The summed E-state index contributed by atoms with van der Waals surface area (Å²) in [5.41, 5.74) is 7.26. The first kappa shape index (κ1) is 14.7. The zero-order valence-corrected chi connectivity index (χ0v) is 11.7. The van der Waals surface area contributed by atoms with E-state index in [1.54, 1.807) is 0 Å². The molecule has 0 bridgehead atoms. The fourth-order valence-corrected chi connectivity index (χ4v) is 2.58. The van der Waals surface area contributed by atoms with E-state index in [1.807, 2.05) is 31.2 Å². The van der Waals surface area contributed by atoms with Crippen molar-refractivity contribution < 1.29 is 9.53 Å². The van der Waals surface area contributed by atoms with Gasteiger partial charge in [-0.05, 0) is 30.4 Å². The second-order valence-corrected chi connectivity index (χ2v) is 5.19. The first-order valence-corrected chi connectivity index (χ1v) is 6.32. The summed E-state index contributed by atoms with van der Waals surface area (Å²) in [5, 5.41) is 0. The first-order chi connectivity index (χ1) is 8.47. The standard InChI is InChI=1S/C15H23NO2/c1-11(2)9-15(10-16,14(17)18-4)13-8-6-5-7-12(13)3/h5-8,11H,9-10,16H2,1-4H3. The zero-order valence-electron chi connectivity index (χ0n) is 11.7. The van der Waals surface area contributed by atoms with Crippen LogP contribution in [0.25, 0.3) is 0 Å². The number of aryl methyl sites for hydroxylation is 1. The predicted molar refractivity (Wildman–Crippen MR) is 73.4 cm³/mol. The minimum absolute atomic E-state index is 0.243. The number of methoxy groups -OCH3 is 1. The Morgan fingerprint density at radius 2 is 2.00 bits per heavy atom. The third-order valence-corrected chi connectivity index (χ3v) is 3.34. The summed E-state index contributed by atoms with van der Waals surface area (Å²) in [7, 11) is 1.42. The Hall–Kier alpha value is -1.35. The van der Waals surface area contributed by atoms with Crippen LogP contribution in [0, 0.1) is 12.8 Å². The van der Waals surface area contributed by atoms with Crippen LogP contribution in [0.4, 0.5) is 0 Å². The van der Waals surface area contributed by atoms with E-state index >= 15 is 0 Å². The molecule has 0 amide bonds. The van der Waals surface area contributed by atoms with Gasteiger partial charge in [0.2, 0.25) is 0 Å². The molecule has 1 aromatic carbocycles. The molecule has 0 saturated carbocycles. The summed E-state index contributed by atoms with van der Waals surface area (Å²) in [4.78, 5) is 12.3. The molecule has 0 heterocycles. The van der Waals surface area contributed by atoms with Gasteiger partial charge in [0.1, 0.15) is 5.41 Å². The molecule has 1 unspecified atom stereocenters. The van der Waals surface area contributed by atoms with Gasteiger partial charge in [-0.1, -0.05) is 38.1 Å². The number of carbonyl (C=O) groups is 1. The molecular weight excluding hydrogens is 226 g/mol. The summed E-state index contributed by atoms with van der Waals surface area (Å²) < 4.78 is 5.00. The highest BCUT2D eigenvalue weighted by atomic mass is 16.5. The van der Waals surface area contributed by atoms with Crippen LogP contribution in [0.15, 0.2) is 24.3 Å². The summed E-state index contributed by atoms with van der Waals surface area (Å²) >= 11 is 0. The average Bonchev–Trinajstić information content (AvgIpc) is 2.35. The minimum Gasteiger partial charge on any atom is -0.468 e. The minimum atomic E-state index is -0.728. The van der Waals surface area contributed by atoms with Crippen molar-refractivity contribution in [2.45, 2.75) is 32.6 Å². The van der Waals surface area contributed by atoms with Crippen LogP contribution in [0.2, 0.25) is 0 Å². The zero-order chi connectivity index (χ0) is 13.8. The molecule has 0 saturated heterocycles. The molecule has 1 aromatic rings. The summed E-state index contributed by atoms with van der Waals surface area (Å²) in [5.74, 6) is 0.125. The fourth-order valence-electron chi connectivity index (χ4n) is 2.58. The van der Waals surface area contributed by atoms with Crippen molar-refractivity contribution in [3.63, 3.8) is 0 Å². The first-order valence-electron chi connectivity index (χ1n) is 6.32. The second-order valence-electron chi connectivity index (χ2n) is 5.19. The molecule has 0 aromatic heterocycles. The molecule has 1 atom stereocenters. The van der Waals surface area contributed by atoms with E-state index in [0.29, 0.717) is 12.3 Å². The van der Waals surface area contributed by atoms with Gasteiger partial charge in [0.15, 0.2) is 0 Å². The Balaban J connectivity index is 3.35.